The van der Waals surface area contributed by atoms with Gasteiger partial charge in [0.25, 0.3) is 0 Å². The van der Waals surface area contributed by atoms with Gasteiger partial charge in [0.05, 0.1) is 8.07 Å². The molecular formula is C36H48Cl2N2S2Si. The lowest BCUT2D eigenvalue weighted by molar-refractivity contribution is 0.247. The van der Waals surface area contributed by atoms with E-state index in [9.17, 15) is 0 Å². The summed E-state index contributed by atoms with van der Waals surface area (Å²) >= 11 is 16.6. The first kappa shape index (κ1) is 34.4. The van der Waals surface area contributed by atoms with Crippen LogP contribution in [0.1, 0.15) is 66.6 Å². The summed E-state index contributed by atoms with van der Waals surface area (Å²) in [6.45, 7) is 17.6. The van der Waals surface area contributed by atoms with Gasteiger partial charge in [-0.3, -0.25) is 9.80 Å². The molecule has 0 amide bonds. The van der Waals surface area contributed by atoms with Gasteiger partial charge in [-0.2, -0.15) is 0 Å². The Morgan fingerprint density at radius 3 is 1.74 bits per heavy atom. The molecule has 0 unspecified atom stereocenters. The molecule has 2 aromatic heterocycles. The summed E-state index contributed by atoms with van der Waals surface area (Å²) < 4.78 is 1.75. The summed E-state index contributed by atoms with van der Waals surface area (Å²) in [6, 6.07) is 25.3. The van der Waals surface area contributed by atoms with Crippen LogP contribution in [0.3, 0.4) is 0 Å². The molecule has 0 saturated carbocycles. The minimum Gasteiger partial charge on any atom is -0.294 e. The van der Waals surface area contributed by atoms with E-state index in [1.54, 1.807) is 19.8 Å². The Morgan fingerprint density at radius 2 is 1.21 bits per heavy atom. The van der Waals surface area contributed by atoms with Crippen LogP contribution in [0.25, 0.3) is 0 Å². The predicted octanol–water partition coefficient (Wildman–Crippen LogP) is 10.7. The molecule has 0 bridgehead atoms. The number of benzene rings is 2. The lowest BCUT2D eigenvalue weighted by Gasteiger charge is -2.27. The fourth-order valence-corrected chi connectivity index (χ4v) is 14.0. The van der Waals surface area contributed by atoms with Crippen LogP contribution < -0.4 is 4.50 Å². The number of nitrogens with zero attached hydrogens (tertiary/aromatic N) is 2. The van der Waals surface area contributed by atoms with Gasteiger partial charge in [0.2, 0.25) is 0 Å². The maximum Gasteiger partial charge on any atom is 0.0987 e. The molecule has 2 aliphatic heterocycles. The molecular weight excluding hydrogens is 624 g/mol. The predicted molar refractivity (Wildman–Crippen MR) is 195 cm³/mol. The first-order chi connectivity index (χ1) is 20.9. The monoisotopic (exact) mass is 670 g/mol. The highest BCUT2D eigenvalue weighted by Crippen LogP contribution is 2.31. The minimum atomic E-state index is -1.24. The summed E-state index contributed by atoms with van der Waals surface area (Å²) in [5.74, 6) is 0. The highest BCUT2D eigenvalue weighted by Gasteiger charge is 2.33. The maximum atomic E-state index is 6.34. The molecule has 0 atom stereocenters. The molecule has 43 heavy (non-hydrogen) atoms. The number of thiophene rings is 2. The van der Waals surface area contributed by atoms with Crippen molar-refractivity contribution >= 4 is 58.4 Å². The Kier molecular flexibility index (Phi) is 13.4. The fraction of sp³-hybridized carbons (Fsp3) is 0.444. The summed E-state index contributed by atoms with van der Waals surface area (Å²) in [5.41, 5.74) is 5.55. The van der Waals surface area contributed by atoms with Crippen molar-refractivity contribution < 1.29 is 0 Å². The average Bonchev–Trinajstić information content (AvgIpc) is 3.69. The van der Waals surface area contributed by atoms with Crippen molar-refractivity contribution in [2.45, 2.75) is 91.8 Å². The van der Waals surface area contributed by atoms with Gasteiger partial charge in [-0.1, -0.05) is 112 Å². The minimum absolute atomic E-state index is 0.878. The molecule has 4 heterocycles. The molecule has 0 saturated heterocycles. The third-order valence-corrected chi connectivity index (χ3v) is 18.8. The number of rotatable bonds is 8. The van der Waals surface area contributed by atoms with Crippen molar-refractivity contribution in [1.82, 2.24) is 9.80 Å². The molecule has 0 spiro atoms. The fourth-order valence-electron chi connectivity index (χ4n) is 6.24. The van der Waals surface area contributed by atoms with Gasteiger partial charge in [-0.05, 0) is 69.2 Å². The Hall–Kier alpha value is -1.44. The standard InChI is InChI=1S/C20H28ClNSSi.C14H14ClNS.C2H6/c1-4-24(5-2,6-3)20-13-17-15-22(12-11-19(17)23-20)14-16-9-7-8-10-18(16)21;15-13-4-2-1-3-11(13)9-16-7-5-14-12(10-16)6-8-17-14;1-2/h7-10,13H,4-6,11-12,14-15H2,1-3H3;1-4,6,8H,5,7,9-10H2;1-2H3. The molecule has 2 nitrogen and oxygen atoms in total. The van der Waals surface area contributed by atoms with Crippen LogP contribution in [0.15, 0.2) is 66.0 Å². The van der Waals surface area contributed by atoms with E-state index in [2.05, 4.69) is 83.7 Å². The van der Waals surface area contributed by atoms with Gasteiger partial charge in [-0.15, -0.1) is 22.7 Å². The van der Waals surface area contributed by atoms with E-state index >= 15 is 0 Å². The molecule has 4 aromatic rings. The van der Waals surface area contributed by atoms with Crippen molar-refractivity contribution in [1.29, 1.82) is 0 Å². The number of hydrogen-bond donors (Lipinski definition) is 0. The smallest absolute Gasteiger partial charge is 0.0987 e. The molecule has 232 valence electrons. The van der Waals surface area contributed by atoms with Crippen LogP contribution in [0.5, 0.6) is 0 Å². The topological polar surface area (TPSA) is 6.48 Å². The summed E-state index contributed by atoms with van der Waals surface area (Å²) in [7, 11) is -1.24. The van der Waals surface area contributed by atoms with Crippen LogP contribution in [0.4, 0.5) is 0 Å². The summed E-state index contributed by atoms with van der Waals surface area (Å²) in [4.78, 5) is 8.22. The summed E-state index contributed by atoms with van der Waals surface area (Å²) in [5, 5.41) is 3.97. The second-order valence-corrected chi connectivity index (χ2v) is 19.9. The van der Waals surface area contributed by atoms with Crippen LogP contribution in [-0.4, -0.2) is 31.0 Å². The molecule has 2 aromatic carbocycles. The lowest BCUT2D eigenvalue weighted by Crippen LogP contribution is -2.43. The van der Waals surface area contributed by atoms with Crippen LogP contribution in [0.2, 0.25) is 28.2 Å². The van der Waals surface area contributed by atoms with E-state index in [0.717, 1.165) is 49.3 Å². The Labute approximate surface area is 279 Å². The first-order valence-corrected chi connectivity index (χ1v) is 21.1. The van der Waals surface area contributed by atoms with Crippen molar-refractivity contribution in [3.63, 3.8) is 0 Å². The quantitative estimate of drug-likeness (QED) is 0.172. The Bertz CT molecular complexity index is 1420. The van der Waals surface area contributed by atoms with Crippen molar-refractivity contribution in [2.24, 2.45) is 0 Å². The van der Waals surface area contributed by atoms with Crippen LogP contribution >= 0.6 is 45.9 Å². The third kappa shape index (κ3) is 8.64. The van der Waals surface area contributed by atoms with Gasteiger partial charge in [0, 0.05) is 59.1 Å². The second-order valence-electron chi connectivity index (χ2n) is 11.4. The zero-order valence-corrected chi connectivity index (χ0v) is 30.7. The van der Waals surface area contributed by atoms with Crippen molar-refractivity contribution in [3.8, 4) is 0 Å². The number of fused-ring (bicyclic) bond motifs is 2. The van der Waals surface area contributed by atoms with Gasteiger partial charge in [0.15, 0.2) is 0 Å². The largest absolute Gasteiger partial charge is 0.294 e. The van der Waals surface area contributed by atoms with E-state index in [4.69, 9.17) is 23.2 Å². The SMILES string of the molecule is CC.CC[Si](CC)(CC)c1cc2c(s1)CCN(Cc1ccccc1Cl)C2.Clc1ccccc1CN1CCc2sccc2C1. The molecule has 2 aliphatic rings. The zero-order valence-electron chi connectivity index (χ0n) is 26.6. The second kappa shape index (κ2) is 16.7. The van der Waals surface area contributed by atoms with Crippen LogP contribution in [0, 0.1) is 0 Å². The first-order valence-electron chi connectivity index (χ1n) is 16.0. The maximum absolute atomic E-state index is 6.34. The molecule has 0 fully saturated rings. The van der Waals surface area contributed by atoms with E-state index in [0.29, 0.717) is 0 Å². The average molecular weight is 672 g/mol. The van der Waals surface area contributed by atoms with Crippen molar-refractivity contribution in [3.05, 3.63) is 108 Å². The molecule has 6 rings (SSSR count). The van der Waals surface area contributed by atoms with E-state index in [-0.39, 0.29) is 0 Å². The number of hydrogen-bond acceptors (Lipinski definition) is 4. The molecule has 0 aliphatic carbocycles. The summed E-state index contributed by atoms with van der Waals surface area (Å²) in [6.07, 6.45) is 2.38. The van der Waals surface area contributed by atoms with Gasteiger partial charge >= 0.3 is 0 Å². The van der Waals surface area contributed by atoms with Gasteiger partial charge in [-0.25, -0.2) is 0 Å². The van der Waals surface area contributed by atoms with Crippen molar-refractivity contribution in [2.75, 3.05) is 13.1 Å². The van der Waals surface area contributed by atoms with E-state index in [1.165, 1.54) is 47.7 Å². The van der Waals surface area contributed by atoms with Gasteiger partial charge in [0.1, 0.15) is 0 Å². The van der Waals surface area contributed by atoms with E-state index < -0.39 is 8.07 Å². The molecule has 7 heteroatoms. The van der Waals surface area contributed by atoms with Crippen LogP contribution in [-0.2, 0) is 39.0 Å². The normalized spacial score (nSPS) is 15.0. The van der Waals surface area contributed by atoms with E-state index in [1.807, 2.05) is 49.4 Å². The Balaban J connectivity index is 0.000000195. The molecule has 0 N–H and O–H groups in total. The highest BCUT2D eigenvalue weighted by molar-refractivity contribution is 7.27. The lowest BCUT2D eigenvalue weighted by atomic mass is 10.1. The number of halogens is 2. The third-order valence-electron chi connectivity index (χ3n) is 9.09. The van der Waals surface area contributed by atoms with Gasteiger partial charge < -0.3 is 0 Å². The zero-order chi connectivity index (χ0) is 30.8. The Morgan fingerprint density at radius 1 is 0.698 bits per heavy atom. The highest BCUT2D eigenvalue weighted by atomic mass is 35.5. The molecule has 0 radical (unpaired) electrons.